The zero-order valence-corrected chi connectivity index (χ0v) is 9.97. The Bertz CT molecular complexity index is 590. The molecule has 0 saturated carbocycles. The highest BCUT2D eigenvalue weighted by molar-refractivity contribution is 7.89. The lowest BCUT2D eigenvalue weighted by Crippen LogP contribution is -2.18. The van der Waals surface area contributed by atoms with Crippen LogP contribution in [-0.2, 0) is 16.4 Å². The molecule has 1 heterocycles. The minimum Gasteiger partial charge on any atom is -0.382 e. The van der Waals surface area contributed by atoms with Gasteiger partial charge >= 0.3 is 0 Å². The molecule has 5 nitrogen and oxygen atoms in total. The molecule has 0 spiro atoms. The zero-order valence-electron chi connectivity index (χ0n) is 9.15. The van der Waals surface area contributed by atoms with Gasteiger partial charge in [-0.2, -0.15) is 4.09 Å². The van der Waals surface area contributed by atoms with Gasteiger partial charge in [0.25, 0.3) is 10.0 Å². The fourth-order valence-electron chi connectivity index (χ4n) is 1.46. The smallest absolute Gasteiger partial charge is 0.254 e. The van der Waals surface area contributed by atoms with Gasteiger partial charge in [0, 0.05) is 12.3 Å². The first-order chi connectivity index (χ1) is 8.08. The summed E-state index contributed by atoms with van der Waals surface area (Å²) >= 11 is 0. The highest BCUT2D eigenvalue weighted by Crippen LogP contribution is 2.05. The molecular formula is C11H13N3O2S. The van der Waals surface area contributed by atoms with Crippen molar-refractivity contribution in [3.63, 3.8) is 0 Å². The Labute approximate surface area is 99.9 Å². The van der Waals surface area contributed by atoms with Crippen LogP contribution in [0.15, 0.2) is 42.6 Å². The van der Waals surface area contributed by atoms with E-state index in [4.69, 9.17) is 5.73 Å². The van der Waals surface area contributed by atoms with Crippen molar-refractivity contribution >= 4 is 15.8 Å². The third kappa shape index (κ3) is 2.85. The molecule has 0 aliphatic heterocycles. The van der Waals surface area contributed by atoms with E-state index in [0.717, 1.165) is 9.65 Å². The summed E-state index contributed by atoms with van der Waals surface area (Å²) in [6, 6.07) is 10.9. The maximum absolute atomic E-state index is 11.9. The Morgan fingerprint density at radius 3 is 2.47 bits per heavy atom. The fraction of sp³-hybridized carbons (Fsp3) is 0.182. The molecule has 1 aromatic carbocycles. The molecule has 0 aliphatic carbocycles. The number of hydrogen-bond acceptors (Lipinski definition) is 4. The van der Waals surface area contributed by atoms with Gasteiger partial charge < -0.3 is 5.73 Å². The summed E-state index contributed by atoms with van der Waals surface area (Å²) in [5, 5.41) is 3.70. The SMILES string of the molecule is Nc1ccn(S(=O)(=O)CCc2ccccc2)n1. The Morgan fingerprint density at radius 1 is 1.18 bits per heavy atom. The van der Waals surface area contributed by atoms with Crippen LogP contribution in [0.3, 0.4) is 0 Å². The minimum atomic E-state index is -3.41. The van der Waals surface area contributed by atoms with Crippen LogP contribution < -0.4 is 5.73 Å². The third-order valence-electron chi connectivity index (χ3n) is 2.36. The van der Waals surface area contributed by atoms with Gasteiger partial charge in [-0.3, -0.25) is 0 Å². The molecule has 0 radical (unpaired) electrons. The van der Waals surface area contributed by atoms with Gasteiger partial charge in [0.1, 0.15) is 5.82 Å². The number of benzene rings is 1. The Morgan fingerprint density at radius 2 is 1.88 bits per heavy atom. The largest absolute Gasteiger partial charge is 0.382 e. The number of anilines is 1. The van der Waals surface area contributed by atoms with E-state index in [-0.39, 0.29) is 11.6 Å². The predicted molar refractivity (Wildman–Crippen MR) is 66.0 cm³/mol. The number of aryl methyl sites for hydroxylation is 1. The van der Waals surface area contributed by atoms with Crippen molar-refractivity contribution in [2.75, 3.05) is 11.5 Å². The number of nitrogen functional groups attached to an aromatic ring is 1. The Hall–Kier alpha value is -1.82. The number of nitrogens with two attached hydrogens (primary N) is 1. The quantitative estimate of drug-likeness (QED) is 0.875. The fourth-order valence-corrected chi connectivity index (χ4v) is 2.61. The molecule has 0 bridgehead atoms. The normalized spacial score (nSPS) is 11.5. The van der Waals surface area contributed by atoms with Gasteiger partial charge in [-0.15, -0.1) is 5.10 Å². The molecule has 2 rings (SSSR count). The van der Waals surface area contributed by atoms with Crippen molar-refractivity contribution in [1.29, 1.82) is 0 Å². The molecular weight excluding hydrogens is 238 g/mol. The van der Waals surface area contributed by atoms with Crippen molar-refractivity contribution in [3.8, 4) is 0 Å². The van der Waals surface area contributed by atoms with Gasteiger partial charge in [-0.1, -0.05) is 30.3 Å². The maximum atomic E-state index is 11.9. The van der Waals surface area contributed by atoms with Gasteiger partial charge in [0.2, 0.25) is 0 Å². The van der Waals surface area contributed by atoms with Crippen molar-refractivity contribution in [3.05, 3.63) is 48.2 Å². The van der Waals surface area contributed by atoms with E-state index in [2.05, 4.69) is 5.10 Å². The third-order valence-corrected chi connectivity index (χ3v) is 3.86. The first-order valence-corrected chi connectivity index (χ1v) is 6.77. The van der Waals surface area contributed by atoms with E-state index in [1.54, 1.807) is 0 Å². The lowest BCUT2D eigenvalue weighted by atomic mass is 10.2. The van der Waals surface area contributed by atoms with E-state index in [1.165, 1.54) is 12.3 Å². The Kier molecular flexibility index (Phi) is 3.14. The van der Waals surface area contributed by atoms with Crippen LogP contribution in [0.25, 0.3) is 0 Å². The second-order valence-electron chi connectivity index (χ2n) is 3.66. The van der Waals surface area contributed by atoms with Gasteiger partial charge in [-0.25, -0.2) is 8.42 Å². The number of aromatic nitrogens is 2. The van der Waals surface area contributed by atoms with Crippen LogP contribution in [0.2, 0.25) is 0 Å². The van der Waals surface area contributed by atoms with Crippen molar-refractivity contribution in [2.45, 2.75) is 6.42 Å². The first-order valence-electron chi connectivity index (χ1n) is 5.16. The molecule has 0 fully saturated rings. The molecule has 2 N–H and O–H groups in total. The monoisotopic (exact) mass is 251 g/mol. The molecule has 17 heavy (non-hydrogen) atoms. The summed E-state index contributed by atoms with van der Waals surface area (Å²) in [4.78, 5) is 0. The van der Waals surface area contributed by atoms with Crippen molar-refractivity contribution in [1.82, 2.24) is 9.19 Å². The summed E-state index contributed by atoms with van der Waals surface area (Å²) in [7, 11) is -3.41. The molecule has 2 aromatic rings. The van der Waals surface area contributed by atoms with E-state index >= 15 is 0 Å². The number of nitrogens with zero attached hydrogens (tertiary/aromatic N) is 2. The van der Waals surface area contributed by atoms with Crippen LogP contribution in [-0.4, -0.2) is 23.4 Å². The molecule has 0 atom stereocenters. The second-order valence-corrected chi connectivity index (χ2v) is 5.61. The lowest BCUT2D eigenvalue weighted by Gasteiger charge is -2.04. The van der Waals surface area contributed by atoms with Crippen molar-refractivity contribution in [2.24, 2.45) is 0 Å². The zero-order chi connectivity index (χ0) is 12.3. The van der Waals surface area contributed by atoms with Crippen LogP contribution in [0.5, 0.6) is 0 Å². The van der Waals surface area contributed by atoms with Gasteiger partial charge in [-0.05, 0) is 12.0 Å². The van der Waals surface area contributed by atoms with E-state index in [9.17, 15) is 8.42 Å². The predicted octanol–water partition coefficient (Wildman–Crippen LogP) is 0.886. The topological polar surface area (TPSA) is 78.0 Å². The van der Waals surface area contributed by atoms with Gasteiger partial charge in [0.05, 0.1) is 5.75 Å². The summed E-state index contributed by atoms with van der Waals surface area (Å²) < 4.78 is 24.6. The average molecular weight is 251 g/mol. The minimum absolute atomic E-state index is 0.0120. The van der Waals surface area contributed by atoms with Crippen LogP contribution in [0.4, 0.5) is 5.82 Å². The van der Waals surface area contributed by atoms with Crippen molar-refractivity contribution < 1.29 is 8.42 Å². The molecule has 0 aliphatic rings. The van der Waals surface area contributed by atoms with Gasteiger partial charge in [0.15, 0.2) is 0 Å². The highest BCUT2D eigenvalue weighted by atomic mass is 32.2. The summed E-state index contributed by atoms with van der Waals surface area (Å²) in [5.41, 5.74) is 6.37. The molecule has 6 heteroatoms. The summed E-state index contributed by atoms with van der Waals surface area (Å²) in [6.45, 7) is 0. The Balaban J connectivity index is 2.09. The maximum Gasteiger partial charge on any atom is 0.254 e. The molecule has 1 aromatic heterocycles. The average Bonchev–Trinajstić information content (AvgIpc) is 2.76. The van der Waals surface area contributed by atoms with E-state index in [1.807, 2.05) is 30.3 Å². The van der Waals surface area contributed by atoms with E-state index < -0.39 is 10.0 Å². The number of rotatable bonds is 4. The lowest BCUT2D eigenvalue weighted by molar-refractivity contribution is 0.579. The van der Waals surface area contributed by atoms with Crippen LogP contribution >= 0.6 is 0 Å². The van der Waals surface area contributed by atoms with Crippen LogP contribution in [0.1, 0.15) is 5.56 Å². The molecule has 0 unspecified atom stereocenters. The molecule has 0 amide bonds. The second kappa shape index (κ2) is 4.58. The summed E-state index contributed by atoms with van der Waals surface area (Å²) in [6.07, 6.45) is 1.82. The number of hydrogen-bond donors (Lipinski definition) is 1. The summed E-state index contributed by atoms with van der Waals surface area (Å²) in [5.74, 6) is 0.214. The standard InChI is InChI=1S/C11H13N3O2S/c12-11-6-8-14(13-11)17(15,16)9-7-10-4-2-1-3-5-10/h1-6,8H,7,9H2,(H2,12,13). The molecule has 0 saturated heterocycles. The first kappa shape index (κ1) is 11.7. The van der Waals surface area contributed by atoms with Crippen LogP contribution in [0, 0.1) is 0 Å². The van der Waals surface area contributed by atoms with E-state index in [0.29, 0.717) is 6.42 Å². The highest BCUT2D eigenvalue weighted by Gasteiger charge is 2.14. The molecule has 90 valence electrons.